The number of ether oxygens (including phenoxy) is 2. The zero-order chi connectivity index (χ0) is 21.2. The van der Waals surface area contributed by atoms with Crippen molar-refractivity contribution in [2.24, 2.45) is 10.9 Å². The van der Waals surface area contributed by atoms with Gasteiger partial charge in [-0.1, -0.05) is 24.6 Å². The fourth-order valence-corrected chi connectivity index (χ4v) is 4.70. The molecule has 7 heteroatoms. The Labute approximate surface area is 205 Å². The molecule has 1 atom stereocenters. The molecule has 0 saturated carbocycles. The molecule has 1 unspecified atom stereocenters. The van der Waals surface area contributed by atoms with Gasteiger partial charge in [0.25, 0.3) is 0 Å². The molecule has 2 heterocycles. The van der Waals surface area contributed by atoms with Crippen molar-refractivity contribution in [2.45, 2.75) is 44.6 Å². The maximum Gasteiger partial charge on any atom is 0.193 e. The number of hydrogen-bond acceptors (Lipinski definition) is 4. The van der Waals surface area contributed by atoms with E-state index in [1.54, 1.807) is 7.11 Å². The van der Waals surface area contributed by atoms with E-state index in [2.05, 4.69) is 45.4 Å². The Morgan fingerprint density at radius 1 is 1.23 bits per heavy atom. The van der Waals surface area contributed by atoms with Crippen molar-refractivity contribution in [3.05, 3.63) is 29.8 Å². The minimum absolute atomic E-state index is 0. The molecule has 0 bridgehead atoms. The van der Waals surface area contributed by atoms with Crippen LogP contribution in [0.1, 0.15) is 50.1 Å². The van der Waals surface area contributed by atoms with Crippen LogP contribution in [0.2, 0.25) is 0 Å². The molecule has 0 aromatic heterocycles. The minimum atomic E-state index is 0. The fraction of sp³-hybridized carbons (Fsp3) is 0.708. The van der Waals surface area contributed by atoms with Crippen molar-refractivity contribution < 1.29 is 9.47 Å². The Morgan fingerprint density at radius 2 is 1.94 bits per heavy atom. The number of hydrogen-bond donors (Lipinski definition) is 1. The van der Waals surface area contributed by atoms with Crippen LogP contribution in [0.3, 0.4) is 0 Å². The van der Waals surface area contributed by atoms with E-state index in [9.17, 15) is 0 Å². The highest BCUT2D eigenvalue weighted by Gasteiger charge is 2.25. The molecule has 1 aromatic rings. The number of guanidine groups is 1. The zero-order valence-electron chi connectivity index (χ0n) is 19.5. The molecule has 0 aliphatic carbocycles. The first-order valence-corrected chi connectivity index (χ1v) is 11.6. The number of aliphatic imine (C=N–C) groups is 1. The third kappa shape index (κ3) is 7.79. The van der Waals surface area contributed by atoms with Crippen LogP contribution in [-0.4, -0.2) is 76.4 Å². The second-order valence-electron chi connectivity index (χ2n) is 8.55. The minimum Gasteiger partial charge on any atom is -0.496 e. The monoisotopic (exact) mass is 544 g/mol. The van der Waals surface area contributed by atoms with Crippen LogP contribution in [0.25, 0.3) is 0 Å². The first kappa shape index (κ1) is 26.2. The number of nitrogens with one attached hydrogen (secondary N) is 1. The fourth-order valence-electron chi connectivity index (χ4n) is 4.70. The van der Waals surface area contributed by atoms with E-state index in [1.165, 1.54) is 44.1 Å². The van der Waals surface area contributed by atoms with Gasteiger partial charge in [-0.3, -0.25) is 9.89 Å². The number of para-hydroxylation sites is 1. The molecule has 2 aliphatic rings. The summed E-state index contributed by atoms with van der Waals surface area (Å²) in [4.78, 5) is 9.43. The SMILES string of the molecule is CN=C(NCC(c1ccccc1OC)N1CCCCC1)N(C)CCC1CCOCC1.I. The first-order chi connectivity index (χ1) is 14.7. The third-order valence-electron chi connectivity index (χ3n) is 6.57. The Kier molecular flexibility index (Phi) is 12.0. The predicted octanol–water partition coefficient (Wildman–Crippen LogP) is 4.16. The summed E-state index contributed by atoms with van der Waals surface area (Å²) < 4.78 is 11.2. The molecule has 31 heavy (non-hydrogen) atoms. The normalized spacial score (nSPS) is 19.4. The van der Waals surface area contributed by atoms with E-state index in [-0.39, 0.29) is 30.0 Å². The lowest BCUT2D eigenvalue weighted by Gasteiger charge is -2.36. The number of halogens is 1. The van der Waals surface area contributed by atoms with Gasteiger partial charge in [-0.05, 0) is 57.2 Å². The van der Waals surface area contributed by atoms with E-state index >= 15 is 0 Å². The summed E-state index contributed by atoms with van der Waals surface area (Å²) >= 11 is 0. The van der Waals surface area contributed by atoms with E-state index in [4.69, 9.17) is 9.47 Å². The third-order valence-corrected chi connectivity index (χ3v) is 6.57. The Balaban J connectivity index is 0.00000341. The van der Waals surface area contributed by atoms with Gasteiger partial charge in [0.05, 0.1) is 13.2 Å². The Morgan fingerprint density at radius 3 is 2.61 bits per heavy atom. The highest BCUT2D eigenvalue weighted by atomic mass is 127. The molecule has 1 aromatic carbocycles. The molecule has 0 spiro atoms. The summed E-state index contributed by atoms with van der Waals surface area (Å²) in [5.74, 6) is 2.71. The standard InChI is InChI=1S/C24H40N4O2.HI/c1-25-24(27(2)16-11-20-12-17-30-18-13-20)26-19-22(28-14-7-4-8-15-28)21-9-5-6-10-23(21)29-3;/h5-6,9-10,20,22H,4,7-8,11-19H2,1-3H3,(H,25,26);1H. The van der Waals surface area contributed by atoms with Crippen molar-refractivity contribution in [2.75, 3.05) is 60.6 Å². The van der Waals surface area contributed by atoms with Crippen molar-refractivity contribution in [3.8, 4) is 5.75 Å². The summed E-state index contributed by atoms with van der Waals surface area (Å²) in [6, 6.07) is 8.72. The molecule has 2 fully saturated rings. The molecule has 176 valence electrons. The molecule has 3 rings (SSSR count). The van der Waals surface area contributed by atoms with Crippen LogP contribution < -0.4 is 10.1 Å². The molecular formula is C24H41IN4O2. The number of piperidine rings is 1. The molecular weight excluding hydrogens is 503 g/mol. The number of benzene rings is 1. The van der Waals surface area contributed by atoms with Gasteiger partial charge in [0, 0.05) is 46.0 Å². The molecule has 2 saturated heterocycles. The van der Waals surface area contributed by atoms with Crippen LogP contribution in [0, 0.1) is 5.92 Å². The zero-order valence-corrected chi connectivity index (χ0v) is 21.8. The van der Waals surface area contributed by atoms with Crippen LogP contribution in [0.5, 0.6) is 5.75 Å². The lowest BCUT2D eigenvalue weighted by molar-refractivity contribution is 0.0625. The average molecular weight is 545 g/mol. The van der Waals surface area contributed by atoms with E-state index < -0.39 is 0 Å². The number of methoxy groups -OCH3 is 1. The van der Waals surface area contributed by atoms with E-state index in [0.717, 1.165) is 57.0 Å². The van der Waals surface area contributed by atoms with Crippen molar-refractivity contribution >= 4 is 29.9 Å². The van der Waals surface area contributed by atoms with Gasteiger partial charge in [-0.2, -0.15) is 0 Å². The van der Waals surface area contributed by atoms with Gasteiger partial charge in [-0.25, -0.2) is 0 Å². The molecule has 0 amide bonds. The van der Waals surface area contributed by atoms with Crippen molar-refractivity contribution in [3.63, 3.8) is 0 Å². The summed E-state index contributed by atoms with van der Waals surface area (Å²) in [5, 5.41) is 3.66. The highest BCUT2D eigenvalue weighted by molar-refractivity contribution is 14.0. The van der Waals surface area contributed by atoms with Crippen LogP contribution in [-0.2, 0) is 4.74 Å². The van der Waals surface area contributed by atoms with Gasteiger partial charge in [0.2, 0.25) is 0 Å². The van der Waals surface area contributed by atoms with E-state index in [0.29, 0.717) is 0 Å². The van der Waals surface area contributed by atoms with Gasteiger partial charge in [-0.15, -0.1) is 24.0 Å². The molecule has 2 aliphatic heterocycles. The number of likely N-dealkylation sites (tertiary alicyclic amines) is 1. The number of rotatable bonds is 8. The van der Waals surface area contributed by atoms with Gasteiger partial charge in [0.1, 0.15) is 5.75 Å². The maximum absolute atomic E-state index is 5.70. The second-order valence-corrected chi connectivity index (χ2v) is 8.55. The topological polar surface area (TPSA) is 49.3 Å². The molecule has 6 nitrogen and oxygen atoms in total. The van der Waals surface area contributed by atoms with Gasteiger partial charge < -0.3 is 19.7 Å². The summed E-state index contributed by atoms with van der Waals surface area (Å²) in [6.07, 6.45) is 7.44. The summed E-state index contributed by atoms with van der Waals surface area (Å²) in [5.41, 5.74) is 1.26. The molecule has 0 radical (unpaired) electrons. The summed E-state index contributed by atoms with van der Waals surface area (Å²) in [7, 11) is 5.79. The average Bonchev–Trinajstić information content (AvgIpc) is 2.81. The predicted molar refractivity (Wildman–Crippen MR) is 139 cm³/mol. The van der Waals surface area contributed by atoms with Crippen LogP contribution >= 0.6 is 24.0 Å². The Hall–Kier alpha value is -1.06. The highest BCUT2D eigenvalue weighted by Crippen LogP contribution is 2.31. The van der Waals surface area contributed by atoms with Crippen molar-refractivity contribution in [1.82, 2.24) is 15.1 Å². The van der Waals surface area contributed by atoms with Crippen LogP contribution in [0.4, 0.5) is 0 Å². The lowest BCUT2D eigenvalue weighted by atomic mass is 9.96. The second kappa shape index (κ2) is 14.2. The largest absolute Gasteiger partial charge is 0.496 e. The van der Waals surface area contributed by atoms with Gasteiger partial charge in [0.15, 0.2) is 5.96 Å². The van der Waals surface area contributed by atoms with E-state index in [1.807, 2.05) is 13.1 Å². The smallest absolute Gasteiger partial charge is 0.193 e. The van der Waals surface area contributed by atoms with Crippen LogP contribution in [0.15, 0.2) is 29.3 Å². The number of nitrogens with zero attached hydrogens (tertiary/aromatic N) is 3. The Bertz CT molecular complexity index is 661. The van der Waals surface area contributed by atoms with Gasteiger partial charge >= 0.3 is 0 Å². The molecule has 1 N–H and O–H groups in total. The maximum atomic E-state index is 5.70. The first-order valence-electron chi connectivity index (χ1n) is 11.6. The van der Waals surface area contributed by atoms with Crippen molar-refractivity contribution in [1.29, 1.82) is 0 Å². The summed E-state index contributed by atoms with van der Waals surface area (Å²) in [6.45, 7) is 5.96. The quantitative estimate of drug-likeness (QED) is 0.303. The lowest BCUT2D eigenvalue weighted by Crippen LogP contribution is -2.45.